The monoisotopic (exact) mass is 213 g/mol. The highest BCUT2D eigenvalue weighted by Crippen LogP contribution is 2.19. The molecule has 1 fully saturated rings. The highest BCUT2D eigenvalue weighted by Gasteiger charge is 2.24. The van der Waals surface area contributed by atoms with E-state index in [9.17, 15) is 5.11 Å². The minimum atomic E-state index is -0.102. The summed E-state index contributed by atoms with van der Waals surface area (Å²) in [5, 5.41) is 13.5. The van der Waals surface area contributed by atoms with Gasteiger partial charge in [-0.05, 0) is 25.7 Å². The summed E-state index contributed by atoms with van der Waals surface area (Å²) in [7, 11) is 0. The Labute approximate surface area is 94.5 Å². The molecule has 2 N–H and O–H groups in total. The second-order valence-electron chi connectivity index (χ2n) is 4.87. The van der Waals surface area contributed by atoms with Crippen LogP contribution in [0, 0.1) is 0 Å². The predicted octanol–water partition coefficient (Wildman–Crippen LogP) is 2.85. The second kappa shape index (κ2) is 7.24. The number of aliphatic hydroxyl groups is 1. The maximum absolute atomic E-state index is 9.88. The Kier molecular flexibility index (Phi) is 6.26. The average molecular weight is 213 g/mol. The van der Waals surface area contributed by atoms with E-state index in [1.54, 1.807) is 0 Å². The van der Waals surface area contributed by atoms with Crippen molar-refractivity contribution in [3.8, 4) is 0 Å². The zero-order chi connectivity index (χ0) is 11.1. The standard InChI is InChI=1S/C13H27NO/c1-3-5-8-11(4-2)14-12-9-6-7-10-13(12)15/h11-15H,3-10H2,1-2H3/t11-,12+,13+/m0/s1. The fourth-order valence-corrected chi connectivity index (χ4v) is 2.46. The maximum Gasteiger partial charge on any atom is 0.0693 e. The first-order valence-electron chi connectivity index (χ1n) is 6.72. The van der Waals surface area contributed by atoms with Gasteiger partial charge in [0, 0.05) is 12.1 Å². The average Bonchev–Trinajstić information content (AvgIpc) is 2.26. The third kappa shape index (κ3) is 4.52. The van der Waals surface area contributed by atoms with Crippen molar-refractivity contribution in [2.75, 3.05) is 0 Å². The highest BCUT2D eigenvalue weighted by molar-refractivity contribution is 4.83. The van der Waals surface area contributed by atoms with Gasteiger partial charge in [-0.1, -0.05) is 39.5 Å². The molecule has 2 heteroatoms. The van der Waals surface area contributed by atoms with E-state index in [0.29, 0.717) is 12.1 Å². The molecule has 90 valence electrons. The molecule has 3 atom stereocenters. The number of unbranched alkanes of at least 4 members (excludes halogenated alkanes) is 1. The third-order valence-electron chi connectivity index (χ3n) is 3.58. The van der Waals surface area contributed by atoms with E-state index in [-0.39, 0.29) is 6.10 Å². The summed E-state index contributed by atoms with van der Waals surface area (Å²) < 4.78 is 0. The van der Waals surface area contributed by atoms with Crippen molar-refractivity contribution >= 4 is 0 Å². The van der Waals surface area contributed by atoms with Crippen molar-refractivity contribution in [1.82, 2.24) is 5.32 Å². The molecule has 0 spiro atoms. The molecule has 15 heavy (non-hydrogen) atoms. The molecular formula is C13H27NO. The molecule has 1 aliphatic rings. The molecule has 0 saturated heterocycles. The fourth-order valence-electron chi connectivity index (χ4n) is 2.46. The summed E-state index contributed by atoms with van der Waals surface area (Å²) >= 11 is 0. The molecular weight excluding hydrogens is 186 g/mol. The summed E-state index contributed by atoms with van der Waals surface area (Å²) in [6, 6.07) is 0.975. The van der Waals surface area contributed by atoms with Crippen molar-refractivity contribution in [3.63, 3.8) is 0 Å². The van der Waals surface area contributed by atoms with Gasteiger partial charge in [-0.15, -0.1) is 0 Å². The van der Waals surface area contributed by atoms with Gasteiger partial charge in [0.25, 0.3) is 0 Å². The number of aliphatic hydroxyl groups excluding tert-OH is 1. The van der Waals surface area contributed by atoms with Crippen LogP contribution >= 0.6 is 0 Å². The number of hydrogen-bond acceptors (Lipinski definition) is 2. The highest BCUT2D eigenvalue weighted by atomic mass is 16.3. The maximum atomic E-state index is 9.88. The summed E-state index contributed by atoms with van der Waals surface area (Å²) in [6.07, 6.45) is 9.53. The lowest BCUT2D eigenvalue weighted by Gasteiger charge is -2.32. The molecule has 1 saturated carbocycles. The smallest absolute Gasteiger partial charge is 0.0693 e. The van der Waals surface area contributed by atoms with Crippen molar-refractivity contribution in [1.29, 1.82) is 0 Å². The van der Waals surface area contributed by atoms with Gasteiger partial charge in [0.15, 0.2) is 0 Å². The van der Waals surface area contributed by atoms with Crippen LogP contribution in [0.5, 0.6) is 0 Å². The van der Waals surface area contributed by atoms with E-state index in [2.05, 4.69) is 19.2 Å². The van der Waals surface area contributed by atoms with Gasteiger partial charge in [0.1, 0.15) is 0 Å². The van der Waals surface area contributed by atoms with Crippen molar-refractivity contribution in [2.24, 2.45) is 0 Å². The SMILES string of the molecule is CCCC[C@H](CC)N[C@@H]1CCCC[C@H]1O. The minimum Gasteiger partial charge on any atom is -0.392 e. The molecule has 0 aliphatic heterocycles. The Morgan fingerprint density at radius 1 is 1.27 bits per heavy atom. The predicted molar refractivity (Wildman–Crippen MR) is 65.0 cm³/mol. The van der Waals surface area contributed by atoms with Crippen LogP contribution < -0.4 is 5.32 Å². The van der Waals surface area contributed by atoms with Gasteiger partial charge >= 0.3 is 0 Å². The van der Waals surface area contributed by atoms with Gasteiger partial charge in [0.2, 0.25) is 0 Å². The zero-order valence-corrected chi connectivity index (χ0v) is 10.3. The quantitative estimate of drug-likeness (QED) is 0.711. The molecule has 2 nitrogen and oxygen atoms in total. The molecule has 0 aromatic heterocycles. The first-order chi connectivity index (χ1) is 7.27. The summed E-state index contributed by atoms with van der Waals surface area (Å²) in [5.74, 6) is 0. The van der Waals surface area contributed by atoms with Crippen LogP contribution in [0.25, 0.3) is 0 Å². The van der Waals surface area contributed by atoms with Crippen LogP contribution in [0.4, 0.5) is 0 Å². The van der Waals surface area contributed by atoms with Crippen molar-refractivity contribution < 1.29 is 5.11 Å². The summed E-state index contributed by atoms with van der Waals surface area (Å²) in [6.45, 7) is 4.48. The number of rotatable bonds is 6. The molecule has 1 rings (SSSR count). The van der Waals surface area contributed by atoms with Crippen molar-refractivity contribution in [3.05, 3.63) is 0 Å². The Morgan fingerprint density at radius 2 is 2.00 bits per heavy atom. The summed E-state index contributed by atoms with van der Waals surface area (Å²) in [4.78, 5) is 0. The van der Waals surface area contributed by atoms with Gasteiger partial charge in [-0.25, -0.2) is 0 Å². The Balaban J connectivity index is 2.29. The van der Waals surface area contributed by atoms with E-state index in [1.807, 2.05) is 0 Å². The largest absolute Gasteiger partial charge is 0.392 e. The van der Waals surface area contributed by atoms with Gasteiger partial charge in [0.05, 0.1) is 6.10 Å². The molecule has 0 aromatic carbocycles. The van der Waals surface area contributed by atoms with E-state index in [0.717, 1.165) is 12.8 Å². The Hall–Kier alpha value is -0.0800. The molecule has 0 radical (unpaired) electrons. The van der Waals surface area contributed by atoms with Gasteiger partial charge in [-0.3, -0.25) is 0 Å². The minimum absolute atomic E-state index is 0.102. The van der Waals surface area contributed by atoms with E-state index in [1.165, 1.54) is 38.5 Å². The first kappa shape index (κ1) is 13.0. The first-order valence-corrected chi connectivity index (χ1v) is 6.72. The Bertz CT molecular complexity index is 161. The molecule has 0 bridgehead atoms. The lowest BCUT2D eigenvalue weighted by molar-refractivity contribution is 0.0836. The lowest BCUT2D eigenvalue weighted by Crippen LogP contribution is -2.46. The van der Waals surface area contributed by atoms with E-state index < -0.39 is 0 Å². The lowest BCUT2D eigenvalue weighted by atomic mass is 9.91. The fraction of sp³-hybridized carbons (Fsp3) is 1.00. The Morgan fingerprint density at radius 3 is 2.60 bits per heavy atom. The molecule has 1 aliphatic carbocycles. The van der Waals surface area contributed by atoms with Crippen molar-refractivity contribution in [2.45, 2.75) is 83.4 Å². The number of hydrogen-bond donors (Lipinski definition) is 2. The van der Waals surface area contributed by atoms with E-state index >= 15 is 0 Å². The van der Waals surface area contributed by atoms with Crippen LogP contribution in [0.2, 0.25) is 0 Å². The number of nitrogens with one attached hydrogen (secondary N) is 1. The topological polar surface area (TPSA) is 32.3 Å². The normalized spacial score (nSPS) is 29.0. The molecule has 0 heterocycles. The third-order valence-corrected chi connectivity index (χ3v) is 3.58. The van der Waals surface area contributed by atoms with Gasteiger partial charge in [-0.2, -0.15) is 0 Å². The molecule has 0 amide bonds. The second-order valence-corrected chi connectivity index (χ2v) is 4.87. The molecule has 0 unspecified atom stereocenters. The van der Waals surface area contributed by atoms with Crippen LogP contribution in [0.15, 0.2) is 0 Å². The summed E-state index contributed by atoms with van der Waals surface area (Å²) in [5.41, 5.74) is 0. The van der Waals surface area contributed by atoms with Crippen LogP contribution in [-0.2, 0) is 0 Å². The molecule has 0 aromatic rings. The van der Waals surface area contributed by atoms with Crippen LogP contribution in [0.1, 0.15) is 65.2 Å². The van der Waals surface area contributed by atoms with Crippen LogP contribution in [0.3, 0.4) is 0 Å². The zero-order valence-electron chi connectivity index (χ0n) is 10.3. The van der Waals surface area contributed by atoms with Gasteiger partial charge < -0.3 is 10.4 Å². The van der Waals surface area contributed by atoms with Crippen LogP contribution in [-0.4, -0.2) is 23.3 Å². The van der Waals surface area contributed by atoms with E-state index in [4.69, 9.17) is 0 Å².